The first-order valence-electron chi connectivity index (χ1n) is 5.02. The van der Waals surface area contributed by atoms with Gasteiger partial charge >= 0.3 is 0 Å². The third kappa shape index (κ3) is 1.77. The molecule has 1 aliphatic heterocycles. The Kier molecular flexibility index (Phi) is 2.40. The summed E-state index contributed by atoms with van der Waals surface area (Å²) in [6.07, 6.45) is 4.54. The highest BCUT2D eigenvalue weighted by Crippen LogP contribution is 2.28. The predicted molar refractivity (Wildman–Crippen MR) is 51.7 cm³/mol. The van der Waals surface area contributed by atoms with Crippen molar-refractivity contribution in [2.45, 2.75) is 31.2 Å². The molecule has 0 radical (unpaired) electrons. The molecule has 74 valence electrons. The van der Waals surface area contributed by atoms with E-state index in [0.29, 0.717) is 0 Å². The SMILES string of the molecule is OCC1(NC2=NCCN2)CCCC1. The van der Waals surface area contributed by atoms with Crippen LogP contribution in [0.5, 0.6) is 0 Å². The zero-order valence-electron chi connectivity index (χ0n) is 7.84. The van der Waals surface area contributed by atoms with Crippen LogP contribution < -0.4 is 10.6 Å². The Hall–Kier alpha value is -0.770. The van der Waals surface area contributed by atoms with Crippen LogP contribution >= 0.6 is 0 Å². The van der Waals surface area contributed by atoms with E-state index in [2.05, 4.69) is 15.6 Å². The molecule has 1 heterocycles. The third-order valence-corrected chi connectivity index (χ3v) is 2.92. The molecular formula is C9H17N3O. The van der Waals surface area contributed by atoms with Gasteiger partial charge < -0.3 is 15.7 Å². The van der Waals surface area contributed by atoms with Crippen LogP contribution in [0, 0.1) is 0 Å². The van der Waals surface area contributed by atoms with Crippen molar-refractivity contribution in [2.75, 3.05) is 19.7 Å². The minimum atomic E-state index is -0.0871. The van der Waals surface area contributed by atoms with E-state index < -0.39 is 0 Å². The first kappa shape index (κ1) is 8.81. The molecule has 0 amide bonds. The van der Waals surface area contributed by atoms with E-state index in [1.165, 1.54) is 12.8 Å². The van der Waals surface area contributed by atoms with E-state index in [-0.39, 0.29) is 12.1 Å². The van der Waals surface area contributed by atoms with Gasteiger partial charge in [-0.3, -0.25) is 4.99 Å². The van der Waals surface area contributed by atoms with Crippen molar-refractivity contribution in [2.24, 2.45) is 4.99 Å². The molecule has 2 rings (SSSR count). The van der Waals surface area contributed by atoms with Gasteiger partial charge in [0.25, 0.3) is 0 Å². The van der Waals surface area contributed by atoms with Gasteiger partial charge in [-0.25, -0.2) is 0 Å². The van der Waals surface area contributed by atoms with Gasteiger partial charge in [0, 0.05) is 6.54 Å². The second kappa shape index (κ2) is 3.54. The van der Waals surface area contributed by atoms with Crippen LogP contribution in [-0.4, -0.2) is 36.3 Å². The molecule has 0 aromatic heterocycles. The van der Waals surface area contributed by atoms with Crippen molar-refractivity contribution < 1.29 is 5.11 Å². The molecule has 4 nitrogen and oxygen atoms in total. The molecule has 0 unspecified atom stereocenters. The fraction of sp³-hybridized carbons (Fsp3) is 0.889. The van der Waals surface area contributed by atoms with Crippen molar-refractivity contribution in [3.05, 3.63) is 0 Å². The van der Waals surface area contributed by atoms with Crippen molar-refractivity contribution >= 4 is 5.96 Å². The van der Waals surface area contributed by atoms with Crippen molar-refractivity contribution in [1.29, 1.82) is 0 Å². The van der Waals surface area contributed by atoms with Crippen LogP contribution in [0.2, 0.25) is 0 Å². The highest BCUT2D eigenvalue weighted by Gasteiger charge is 2.34. The quantitative estimate of drug-likeness (QED) is 0.557. The topological polar surface area (TPSA) is 56.6 Å². The normalized spacial score (nSPS) is 25.5. The predicted octanol–water partition coefficient (Wildman–Crippen LogP) is -0.160. The highest BCUT2D eigenvalue weighted by molar-refractivity contribution is 5.82. The summed E-state index contributed by atoms with van der Waals surface area (Å²) in [6, 6.07) is 0. The Morgan fingerprint density at radius 1 is 1.46 bits per heavy atom. The van der Waals surface area contributed by atoms with Crippen molar-refractivity contribution in [3.8, 4) is 0 Å². The van der Waals surface area contributed by atoms with Gasteiger partial charge in [0.05, 0.1) is 18.7 Å². The molecule has 0 bridgehead atoms. The lowest BCUT2D eigenvalue weighted by Crippen LogP contribution is -2.52. The maximum Gasteiger partial charge on any atom is 0.191 e. The van der Waals surface area contributed by atoms with Gasteiger partial charge in [-0.1, -0.05) is 12.8 Å². The zero-order chi connectivity index (χ0) is 9.15. The number of hydrogen-bond donors (Lipinski definition) is 3. The van der Waals surface area contributed by atoms with E-state index in [1.807, 2.05) is 0 Å². The van der Waals surface area contributed by atoms with Crippen molar-refractivity contribution in [1.82, 2.24) is 10.6 Å². The molecule has 1 fully saturated rings. The number of aliphatic hydroxyl groups is 1. The molecule has 4 heteroatoms. The zero-order valence-corrected chi connectivity index (χ0v) is 7.84. The second-order valence-corrected chi connectivity index (χ2v) is 3.93. The van der Waals surface area contributed by atoms with Gasteiger partial charge in [0.2, 0.25) is 0 Å². The number of rotatable bonds is 2. The summed E-state index contributed by atoms with van der Waals surface area (Å²) in [5, 5.41) is 15.8. The number of guanidine groups is 1. The maximum atomic E-state index is 9.33. The molecule has 0 aromatic rings. The number of nitrogens with zero attached hydrogens (tertiary/aromatic N) is 1. The molecule has 1 aliphatic carbocycles. The number of nitrogens with one attached hydrogen (secondary N) is 2. The smallest absolute Gasteiger partial charge is 0.191 e. The monoisotopic (exact) mass is 183 g/mol. The Morgan fingerprint density at radius 2 is 2.23 bits per heavy atom. The third-order valence-electron chi connectivity index (χ3n) is 2.92. The number of aliphatic imine (C=N–C) groups is 1. The molecule has 3 N–H and O–H groups in total. The van der Waals surface area contributed by atoms with Gasteiger partial charge in [-0.2, -0.15) is 0 Å². The molecule has 0 aromatic carbocycles. The highest BCUT2D eigenvalue weighted by atomic mass is 16.3. The minimum absolute atomic E-state index is 0.0871. The van der Waals surface area contributed by atoms with E-state index in [4.69, 9.17) is 0 Å². The van der Waals surface area contributed by atoms with E-state index in [1.54, 1.807) is 0 Å². The van der Waals surface area contributed by atoms with E-state index in [0.717, 1.165) is 31.9 Å². The Balaban J connectivity index is 1.96. The summed E-state index contributed by atoms with van der Waals surface area (Å²) in [6.45, 7) is 1.99. The fourth-order valence-corrected chi connectivity index (χ4v) is 2.11. The molecule has 0 spiro atoms. The van der Waals surface area contributed by atoms with E-state index >= 15 is 0 Å². The molecule has 0 atom stereocenters. The summed E-state index contributed by atoms with van der Waals surface area (Å²) in [4.78, 5) is 4.28. The van der Waals surface area contributed by atoms with Gasteiger partial charge in [0.1, 0.15) is 0 Å². The Morgan fingerprint density at radius 3 is 2.77 bits per heavy atom. The van der Waals surface area contributed by atoms with Gasteiger partial charge in [-0.15, -0.1) is 0 Å². The Labute approximate surface area is 78.4 Å². The first-order valence-corrected chi connectivity index (χ1v) is 5.02. The standard InChI is InChI=1S/C9H17N3O/c13-7-9(3-1-2-4-9)12-8-10-5-6-11-8/h13H,1-7H2,(H2,10,11,12). The summed E-state index contributed by atoms with van der Waals surface area (Å²) in [5.74, 6) is 0.871. The lowest BCUT2D eigenvalue weighted by atomic mass is 9.99. The lowest BCUT2D eigenvalue weighted by molar-refractivity contribution is 0.182. The van der Waals surface area contributed by atoms with E-state index in [9.17, 15) is 5.11 Å². The second-order valence-electron chi connectivity index (χ2n) is 3.93. The number of aliphatic hydroxyl groups excluding tert-OH is 1. The molecule has 2 aliphatic rings. The van der Waals surface area contributed by atoms with Crippen LogP contribution in [0.15, 0.2) is 4.99 Å². The van der Waals surface area contributed by atoms with Crippen LogP contribution in [0.1, 0.15) is 25.7 Å². The maximum absolute atomic E-state index is 9.33. The average molecular weight is 183 g/mol. The van der Waals surface area contributed by atoms with Crippen LogP contribution in [0.25, 0.3) is 0 Å². The molecule has 0 saturated heterocycles. The summed E-state index contributed by atoms with van der Waals surface area (Å²) >= 11 is 0. The summed E-state index contributed by atoms with van der Waals surface area (Å²) < 4.78 is 0. The fourth-order valence-electron chi connectivity index (χ4n) is 2.11. The van der Waals surface area contributed by atoms with Gasteiger partial charge in [-0.05, 0) is 12.8 Å². The van der Waals surface area contributed by atoms with Crippen molar-refractivity contribution in [3.63, 3.8) is 0 Å². The summed E-state index contributed by atoms with van der Waals surface area (Å²) in [7, 11) is 0. The lowest BCUT2D eigenvalue weighted by Gasteiger charge is -2.28. The average Bonchev–Trinajstić information content (AvgIpc) is 2.77. The van der Waals surface area contributed by atoms with Crippen LogP contribution in [0.3, 0.4) is 0 Å². The summed E-state index contributed by atoms with van der Waals surface area (Å²) in [5.41, 5.74) is -0.0871. The Bertz CT molecular complexity index is 209. The van der Waals surface area contributed by atoms with Gasteiger partial charge in [0.15, 0.2) is 5.96 Å². The van der Waals surface area contributed by atoms with Crippen LogP contribution in [-0.2, 0) is 0 Å². The molecular weight excluding hydrogens is 166 g/mol. The van der Waals surface area contributed by atoms with Crippen LogP contribution in [0.4, 0.5) is 0 Å². The molecule has 1 saturated carbocycles. The largest absolute Gasteiger partial charge is 0.394 e. The molecule has 13 heavy (non-hydrogen) atoms. The first-order chi connectivity index (χ1) is 6.35. The minimum Gasteiger partial charge on any atom is -0.394 e. The number of hydrogen-bond acceptors (Lipinski definition) is 4.